The lowest BCUT2D eigenvalue weighted by Gasteiger charge is -2.28. The highest BCUT2D eigenvalue weighted by Gasteiger charge is 2.18. The molecule has 1 heterocycles. The molecule has 1 amide bonds. The average molecular weight is 466 g/mol. The summed E-state index contributed by atoms with van der Waals surface area (Å²) in [5.41, 5.74) is 4.04. The van der Waals surface area contributed by atoms with E-state index in [2.05, 4.69) is 14.9 Å². The van der Waals surface area contributed by atoms with Gasteiger partial charge in [-0.05, 0) is 67.9 Å². The summed E-state index contributed by atoms with van der Waals surface area (Å²) in [6.07, 6.45) is 0. The number of nitrogens with one attached hydrogen (secondary N) is 2. The van der Waals surface area contributed by atoms with Gasteiger partial charge in [0.2, 0.25) is 0 Å². The summed E-state index contributed by atoms with van der Waals surface area (Å²) in [5, 5.41) is 2.90. The molecule has 3 aromatic rings. The fraction of sp³-hybridized carbons (Fsp3) is 0.240. The summed E-state index contributed by atoms with van der Waals surface area (Å²) >= 11 is 0. The van der Waals surface area contributed by atoms with Gasteiger partial charge in [0.25, 0.3) is 15.9 Å². The third-order valence-corrected chi connectivity index (χ3v) is 7.04. The Morgan fingerprint density at radius 1 is 0.909 bits per heavy atom. The number of hydrogen-bond donors (Lipinski definition) is 2. The Balaban J connectivity index is 1.48. The van der Waals surface area contributed by atoms with Gasteiger partial charge in [-0.2, -0.15) is 0 Å². The molecule has 0 saturated carbocycles. The van der Waals surface area contributed by atoms with Crippen LogP contribution in [0.4, 0.5) is 17.1 Å². The molecule has 0 atom stereocenters. The van der Waals surface area contributed by atoms with Crippen molar-refractivity contribution < 1.29 is 17.9 Å². The Labute approximate surface area is 194 Å². The van der Waals surface area contributed by atoms with E-state index in [9.17, 15) is 13.2 Å². The summed E-state index contributed by atoms with van der Waals surface area (Å²) in [4.78, 5) is 15.3. The predicted molar refractivity (Wildman–Crippen MR) is 131 cm³/mol. The molecule has 0 spiro atoms. The van der Waals surface area contributed by atoms with E-state index < -0.39 is 10.0 Å². The molecule has 33 heavy (non-hydrogen) atoms. The Kier molecular flexibility index (Phi) is 6.67. The molecule has 1 fully saturated rings. The van der Waals surface area contributed by atoms with Crippen LogP contribution in [0.15, 0.2) is 71.6 Å². The van der Waals surface area contributed by atoms with Crippen molar-refractivity contribution >= 4 is 33.0 Å². The minimum absolute atomic E-state index is 0.169. The zero-order valence-corrected chi connectivity index (χ0v) is 19.5. The van der Waals surface area contributed by atoms with E-state index in [1.165, 1.54) is 0 Å². The van der Waals surface area contributed by atoms with Crippen LogP contribution < -0.4 is 14.9 Å². The standard InChI is InChI=1S/C25H27N3O4S/c1-18-6-12-22(13-7-18)33(30,31)27-24-5-3-4-23(19(24)2)25(29)26-20-8-10-21(11-9-20)28-14-16-32-17-15-28/h3-13,27H,14-17H2,1-2H3,(H,26,29). The van der Waals surface area contributed by atoms with Crippen molar-refractivity contribution in [2.24, 2.45) is 0 Å². The van der Waals surface area contributed by atoms with E-state index >= 15 is 0 Å². The Hall–Kier alpha value is -3.36. The molecule has 8 heteroatoms. The first kappa shape index (κ1) is 22.8. The Bertz CT molecular complexity index is 1230. The lowest BCUT2D eigenvalue weighted by atomic mass is 10.1. The molecule has 0 aromatic heterocycles. The second-order valence-electron chi connectivity index (χ2n) is 8.00. The van der Waals surface area contributed by atoms with Crippen molar-refractivity contribution in [3.63, 3.8) is 0 Å². The lowest BCUT2D eigenvalue weighted by Crippen LogP contribution is -2.36. The van der Waals surface area contributed by atoms with Gasteiger partial charge >= 0.3 is 0 Å². The van der Waals surface area contributed by atoms with E-state index in [0.717, 1.165) is 24.3 Å². The number of rotatable bonds is 6. The van der Waals surface area contributed by atoms with E-state index in [4.69, 9.17) is 4.74 Å². The largest absolute Gasteiger partial charge is 0.378 e. The second kappa shape index (κ2) is 9.64. The number of anilines is 3. The first-order valence-electron chi connectivity index (χ1n) is 10.8. The minimum atomic E-state index is -3.76. The highest BCUT2D eigenvalue weighted by Crippen LogP contribution is 2.24. The smallest absolute Gasteiger partial charge is 0.261 e. The maximum atomic E-state index is 12.9. The van der Waals surface area contributed by atoms with Crippen molar-refractivity contribution in [3.8, 4) is 0 Å². The molecule has 3 aromatic carbocycles. The highest BCUT2D eigenvalue weighted by atomic mass is 32.2. The number of ether oxygens (including phenoxy) is 1. The first-order valence-corrected chi connectivity index (χ1v) is 12.2. The van der Waals surface area contributed by atoms with Crippen LogP contribution in [0, 0.1) is 13.8 Å². The third kappa shape index (κ3) is 5.35. The zero-order chi connectivity index (χ0) is 23.4. The van der Waals surface area contributed by atoms with E-state index in [1.807, 2.05) is 31.2 Å². The predicted octanol–water partition coefficient (Wildman–Crippen LogP) is 4.19. The molecule has 0 radical (unpaired) electrons. The van der Waals surface area contributed by atoms with Crippen molar-refractivity contribution in [1.29, 1.82) is 0 Å². The van der Waals surface area contributed by atoms with Crippen molar-refractivity contribution in [2.75, 3.05) is 41.2 Å². The number of aryl methyl sites for hydroxylation is 1. The SMILES string of the molecule is Cc1ccc(S(=O)(=O)Nc2cccc(C(=O)Nc3ccc(N4CCOCC4)cc3)c2C)cc1. The van der Waals surface area contributed by atoms with E-state index in [-0.39, 0.29) is 10.8 Å². The maximum absolute atomic E-state index is 12.9. The summed E-state index contributed by atoms with van der Waals surface area (Å²) < 4.78 is 33.5. The second-order valence-corrected chi connectivity index (χ2v) is 9.68. The summed E-state index contributed by atoms with van der Waals surface area (Å²) in [6, 6.07) is 19.3. The fourth-order valence-corrected chi connectivity index (χ4v) is 4.81. The van der Waals surface area contributed by atoms with Gasteiger partial charge in [-0.1, -0.05) is 23.8 Å². The number of nitrogens with zero attached hydrogens (tertiary/aromatic N) is 1. The monoisotopic (exact) mass is 465 g/mol. The summed E-state index contributed by atoms with van der Waals surface area (Å²) in [6.45, 7) is 6.73. The molecule has 1 saturated heterocycles. The molecular formula is C25H27N3O4S. The molecule has 1 aliphatic rings. The van der Waals surface area contributed by atoms with Gasteiger partial charge in [-0.3, -0.25) is 9.52 Å². The minimum Gasteiger partial charge on any atom is -0.378 e. The summed E-state index contributed by atoms with van der Waals surface area (Å²) in [7, 11) is -3.76. The Morgan fingerprint density at radius 3 is 2.24 bits per heavy atom. The van der Waals surface area contributed by atoms with Crippen molar-refractivity contribution in [1.82, 2.24) is 0 Å². The molecule has 0 unspecified atom stereocenters. The van der Waals surface area contributed by atoms with E-state index in [1.54, 1.807) is 49.4 Å². The van der Waals surface area contributed by atoms with Crippen LogP contribution in [0.2, 0.25) is 0 Å². The number of amides is 1. The molecule has 7 nitrogen and oxygen atoms in total. The number of benzene rings is 3. The fourth-order valence-electron chi connectivity index (χ4n) is 3.69. The molecule has 172 valence electrons. The van der Waals surface area contributed by atoms with E-state index in [0.29, 0.717) is 35.7 Å². The molecule has 1 aliphatic heterocycles. The normalized spacial score (nSPS) is 14.1. The van der Waals surface area contributed by atoms with Crippen LogP contribution >= 0.6 is 0 Å². The number of carbonyl (C=O) groups is 1. The quantitative estimate of drug-likeness (QED) is 0.570. The molecule has 4 rings (SSSR count). The van der Waals surface area contributed by atoms with Crippen LogP contribution in [0.5, 0.6) is 0 Å². The van der Waals surface area contributed by atoms with Gasteiger partial charge in [0.15, 0.2) is 0 Å². The van der Waals surface area contributed by atoms with Crippen molar-refractivity contribution in [2.45, 2.75) is 18.7 Å². The Morgan fingerprint density at radius 2 is 1.58 bits per heavy atom. The van der Waals surface area contributed by atoms with Crippen LogP contribution in [-0.4, -0.2) is 40.6 Å². The number of morpholine rings is 1. The molecule has 0 bridgehead atoms. The molecule has 0 aliphatic carbocycles. The molecule has 2 N–H and O–H groups in total. The topological polar surface area (TPSA) is 87.7 Å². The zero-order valence-electron chi connectivity index (χ0n) is 18.7. The van der Waals surface area contributed by atoms with Crippen LogP contribution in [0.25, 0.3) is 0 Å². The van der Waals surface area contributed by atoms with Gasteiger partial charge in [-0.15, -0.1) is 0 Å². The first-order chi connectivity index (χ1) is 15.8. The maximum Gasteiger partial charge on any atom is 0.261 e. The number of sulfonamides is 1. The lowest BCUT2D eigenvalue weighted by molar-refractivity contribution is 0.102. The molecular weight excluding hydrogens is 438 g/mol. The number of carbonyl (C=O) groups excluding carboxylic acids is 1. The van der Waals surface area contributed by atoms with Gasteiger partial charge in [0, 0.05) is 30.0 Å². The van der Waals surface area contributed by atoms with Gasteiger partial charge in [-0.25, -0.2) is 8.42 Å². The van der Waals surface area contributed by atoms with Crippen LogP contribution in [0.1, 0.15) is 21.5 Å². The van der Waals surface area contributed by atoms with Gasteiger partial charge in [0.1, 0.15) is 0 Å². The van der Waals surface area contributed by atoms with Crippen molar-refractivity contribution in [3.05, 3.63) is 83.4 Å². The van der Waals surface area contributed by atoms with Crippen LogP contribution in [0.3, 0.4) is 0 Å². The van der Waals surface area contributed by atoms with Crippen LogP contribution in [-0.2, 0) is 14.8 Å². The van der Waals surface area contributed by atoms with Gasteiger partial charge < -0.3 is 15.0 Å². The third-order valence-electron chi connectivity index (χ3n) is 5.66. The average Bonchev–Trinajstić information content (AvgIpc) is 2.81. The number of hydrogen-bond acceptors (Lipinski definition) is 5. The highest BCUT2D eigenvalue weighted by molar-refractivity contribution is 7.92. The summed E-state index contributed by atoms with van der Waals surface area (Å²) in [5.74, 6) is -0.303. The van der Waals surface area contributed by atoms with Gasteiger partial charge in [0.05, 0.1) is 23.8 Å².